The van der Waals surface area contributed by atoms with E-state index in [1.807, 2.05) is 30.3 Å². The van der Waals surface area contributed by atoms with Gasteiger partial charge in [0.15, 0.2) is 0 Å². The summed E-state index contributed by atoms with van der Waals surface area (Å²) in [4.78, 5) is 6.87. The largest absolute Gasteiger partial charge is 0.395 e. The summed E-state index contributed by atoms with van der Waals surface area (Å²) in [5.41, 5.74) is 1.76. The van der Waals surface area contributed by atoms with Gasteiger partial charge in [0, 0.05) is 18.0 Å². The molecule has 0 aliphatic rings. The number of aromatic nitrogens is 1. The molecule has 0 radical (unpaired) electrons. The molecule has 0 saturated carbocycles. The zero-order chi connectivity index (χ0) is 15.2. The normalized spacial score (nSPS) is 11.3. The number of aliphatic hydroxyl groups excluding tert-OH is 2. The summed E-state index contributed by atoms with van der Waals surface area (Å²) in [7, 11) is 0. The van der Waals surface area contributed by atoms with Gasteiger partial charge in [-0.15, -0.1) is 0 Å². The molecule has 0 bridgehead atoms. The number of fused-ring (bicyclic) bond motifs is 1. The second kappa shape index (κ2) is 7.38. The zero-order valence-electron chi connectivity index (χ0n) is 12.8. The Balaban J connectivity index is 2.51. The lowest BCUT2D eigenvalue weighted by molar-refractivity contribution is 0.283. The second-order valence-electron chi connectivity index (χ2n) is 5.20. The molecule has 0 spiro atoms. The van der Waals surface area contributed by atoms with Crippen molar-refractivity contribution in [3.8, 4) is 0 Å². The van der Waals surface area contributed by atoms with Crippen molar-refractivity contribution in [3.63, 3.8) is 0 Å². The first-order valence-corrected chi connectivity index (χ1v) is 7.62. The standard InChI is InChI=1S/C17H24N2O2/c1-3-14(4-2)19(9-10-20)17-11-13(12-21)15-7-5-6-8-16(15)18-17/h5-8,11,14,20-21H,3-4,9-10,12H2,1-2H3. The molecule has 2 N–H and O–H groups in total. The number of aliphatic hydroxyl groups is 2. The van der Waals surface area contributed by atoms with E-state index in [2.05, 4.69) is 18.7 Å². The molecule has 4 heteroatoms. The van der Waals surface area contributed by atoms with E-state index in [1.165, 1.54) is 0 Å². The van der Waals surface area contributed by atoms with Crippen molar-refractivity contribution in [2.24, 2.45) is 0 Å². The van der Waals surface area contributed by atoms with Gasteiger partial charge in [-0.2, -0.15) is 0 Å². The quantitative estimate of drug-likeness (QED) is 0.822. The average Bonchev–Trinajstić information content (AvgIpc) is 2.54. The topological polar surface area (TPSA) is 56.6 Å². The van der Waals surface area contributed by atoms with E-state index in [9.17, 15) is 10.2 Å². The van der Waals surface area contributed by atoms with Crippen molar-refractivity contribution in [1.82, 2.24) is 4.98 Å². The molecule has 2 aromatic rings. The molecule has 114 valence electrons. The molecule has 0 atom stereocenters. The highest BCUT2D eigenvalue weighted by Crippen LogP contribution is 2.25. The van der Waals surface area contributed by atoms with Gasteiger partial charge in [-0.1, -0.05) is 32.0 Å². The fraction of sp³-hybridized carbons (Fsp3) is 0.471. The van der Waals surface area contributed by atoms with Crippen LogP contribution in [0.5, 0.6) is 0 Å². The summed E-state index contributed by atoms with van der Waals surface area (Å²) < 4.78 is 0. The van der Waals surface area contributed by atoms with Crippen LogP contribution in [0.2, 0.25) is 0 Å². The zero-order valence-corrected chi connectivity index (χ0v) is 12.8. The third-order valence-electron chi connectivity index (χ3n) is 3.98. The second-order valence-corrected chi connectivity index (χ2v) is 5.20. The Morgan fingerprint density at radius 3 is 2.48 bits per heavy atom. The van der Waals surface area contributed by atoms with Crippen LogP contribution in [0.4, 0.5) is 5.82 Å². The van der Waals surface area contributed by atoms with Gasteiger partial charge in [0.1, 0.15) is 5.82 Å². The van der Waals surface area contributed by atoms with Crippen LogP contribution >= 0.6 is 0 Å². The molecule has 0 fully saturated rings. The first-order chi connectivity index (χ1) is 10.2. The molecule has 1 heterocycles. The predicted octanol–water partition coefficient (Wildman–Crippen LogP) is 2.71. The maximum absolute atomic E-state index is 9.63. The van der Waals surface area contributed by atoms with Gasteiger partial charge in [0.25, 0.3) is 0 Å². The molecular weight excluding hydrogens is 264 g/mol. The smallest absolute Gasteiger partial charge is 0.129 e. The Morgan fingerprint density at radius 1 is 1.14 bits per heavy atom. The van der Waals surface area contributed by atoms with Crippen LogP contribution in [-0.4, -0.2) is 34.4 Å². The lowest BCUT2D eigenvalue weighted by atomic mass is 10.1. The third-order valence-corrected chi connectivity index (χ3v) is 3.98. The van der Waals surface area contributed by atoms with Crippen LogP contribution in [0.15, 0.2) is 30.3 Å². The average molecular weight is 288 g/mol. The van der Waals surface area contributed by atoms with Crippen LogP contribution in [0.3, 0.4) is 0 Å². The summed E-state index contributed by atoms with van der Waals surface area (Å²) >= 11 is 0. The van der Waals surface area contributed by atoms with Gasteiger partial charge in [0.05, 0.1) is 18.7 Å². The van der Waals surface area contributed by atoms with Gasteiger partial charge in [-0.05, 0) is 30.5 Å². The summed E-state index contributed by atoms with van der Waals surface area (Å²) in [6.07, 6.45) is 2.00. The highest BCUT2D eigenvalue weighted by Gasteiger charge is 2.18. The highest BCUT2D eigenvalue weighted by atomic mass is 16.3. The first-order valence-electron chi connectivity index (χ1n) is 7.62. The summed E-state index contributed by atoms with van der Waals surface area (Å²) in [6, 6.07) is 10.1. The van der Waals surface area contributed by atoms with Gasteiger partial charge < -0.3 is 15.1 Å². The molecule has 1 aromatic carbocycles. The van der Waals surface area contributed by atoms with Gasteiger partial charge in [-0.3, -0.25) is 0 Å². The first kappa shape index (κ1) is 15.7. The van der Waals surface area contributed by atoms with E-state index in [0.717, 1.165) is 35.1 Å². The van der Waals surface area contributed by atoms with E-state index in [1.54, 1.807) is 0 Å². The maximum Gasteiger partial charge on any atom is 0.129 e. The van der Waals surface area contributed by atoms with E-state index >= 15 is 0 Å². The molecule has 0 saturated heterocycles. The van der Waals surface area contributed by atoms with Crippen molar-refractivity contribution in [1.29, 1.82) is 0 Å². The number of para-hydroxylation sites is 1. The monoisotopic (exact) mass is 288 g/mol. The maximum atomic E-state index is 9.63. The molecule has 0 aliphatic carbocycles. The molecule has 0 unspecified atom stereocenters. The molecule has 2 rings (SSSR count). The van der Waals surface area contributed by atoms with Crippen molar-refractivity contribution in [2.45, 2.75) is 39.3 Å². The number of hydrogen-bond donors (Lipinski definition) is 2. The third kappa shape index (κ3) is 3.34. The molecular formula is C17H24N2O2. The van der Waals surface area contributed by atoms with E-state index in [-0.39, 0.29) is 13.2 Å². The van der Waals surface area contributed by atoms with Crippen LogP contribution in [0.1, 0.15) is 32.3 Å². The minimum Gasteiger partial charge on any atom is -0.395 e. The molecule has 1 aromatic heterocycles. The van der Waals surface area contributed by atoms with E-state index in [4.69, 9.17) is 4.98 Å². The Morgan fingerprint density at radius 2 is 1.86 bits per heavy atom. The number of benzene rings is 1. The van der Waals surface area contributed by atoms with Crippen LogP contribution in [0, 0.1) is 0 Å². The minimum absolute atomic E-state index is 0.00802. The Bertz CT molecular complexity index is 582. The lowest BCUT2D eigenvalue weighted by Crippen LogP contribution is -2.37. The summed E-state index contributed by atoms with van der Waals surface area (Å²) in [5, 5.41) is 20.0. The van der Waals surface area contributed by atoms with Crippen LogP contribution < -0.4 is 4.90 Å². The number of nitrogens with zero attached hydrogens (tertiary/aromatic N) is 2. The van der Waals surface area contributed by atoms with Gasteiger partial charge in [-0.25, -0.2) is 4.98 Å². The van der Waals surface area contributed by atoms with Crippen LogP contribution in [0.25, 0.3) is 10.9 Å². The summed E-state index contributed by atoms with van der Waals surface area (Å²) in [6.45, 7) is 4.94. The Hall–Kier alpha value is -1.65. The number of rotatable bonds is 7. The van der Waals surface area contributed by atoms with Crippen molar-refractivity contribution < 1.29 is 10.2 Å². The lowest BCUT2D eigenvalue weighted by Gasteiger charge is -2.31. The fourth-order valence-corrected chi connectivity index (χ4v) is 2.83. The van der Waals surface area contributed by atoms with Gasteiger partial charge in [0.2, 0.25) is 0 Å². The Labute approximate surface area is 126 Å². The number of pyridine rings is 1. The van der Waals surface area contributed by atoms with Crippen molar-refractivity contribution in [2.75, 3.05) is 18.1 Å². The van der Waals surface area contributed by atoms with Crippen molar-refractivity contribution in [3.05, 3.63) is 35.9 Å². The predicted molar refractivity (Wildman–Crippen MR) is 86.5 cm³/mol. The highest BCUT2D eigenvalue weighted by molar-refractivity contribution is 5.84. The van der Waals surface area contributed by atoms with Gasteiger partial charge >= 0.3 is 0 Å². The number of hydrogen-bond acceptors (Lipinski definition) is 4. The van der Waals surface area contributed by atoms with E-state index in [0.29, 0.717) is 12.6 Å². The number of anilines is 1. The minimum atomic E-state index is -0.00802. The molecule has 4 nitrogen and oxygen atoms in total. The molecule has 0 amide bonds. The fourth-order valence-electron chi connectivity index (χ4n) is 2.83. The summed E-state index contributed by atoms with van der Waals surface area (Å²) in [5.74, 6) is 0.834. The SMILES string of the molecule is CCC(CC)N(CCO)c1cc(CO)c2ccccc2n1. The Kier molecular flexibility index (Phi) is 5.53. The van der Waals surface area contributed by atoms with E-state index < -0.39 is 0 Å². The van der Waals surface area contributed by atoms with Crippen molar-refractivity contribution >= 4 is 16.7 Å². The molecule has 21 heavy (non-hydrogen) atoms. The molecule has 0 aliphatic heterocycles. The van der Waals surface area contributed by atoms with Crippen LogP contribution in [-0.2, 0) is 6.61 Å².